The number of ether oxygens (including phenoxy) is 1. The van der Waals surface area contributed by atoms with Crippen LogP contribution < -0.4 is 14.8 Å². The van der Waals surface area contributed by atoms with E-state index < -0.39 is 10.0 Å². The summed E-state index contributed by atoms with van der Waals surface area (Å²) in [6.07, 6.45) is 3.83. The van der Waals surface area contributed by atoms with Crippen LogP contribution in [-0.2, 0) is 10.0 Å². The van der Waals surface area contributed by atoms with Crippen LogP contribution in [0.1, 0.15) is 25.7 Å². The van der Waals surface area contributed by atoms with Gasteiger partial charge in [0.15, 0.2) is 0 Å². The smallest absolute Gasteiger partial charge is 0.240 e. The summed E-state index contributed by atoms with van der Waals surface area (Å²) < 4.78 is 33.6. The second-order valence-electron chi connectivity index (χ2n) is 6.28. The summed E-state index contributed by atoms with van der Waals surface area (Å²) in [7, 11) is -1.89. The molecule has 0 aliphatic heterocycles. The Bertz CT molecular complexity index is 793. The van der Waals surface area contributed by atoms with E-state index in [0.717, 1.165) is 37.1 Å². The number of nitrogens with one attached hydrogen (secondary N) is 2. The van der Waals surface area contributed by atoms with Crippen LogP contribution in [0.3, 0.4) is 0 Å². The van der Waals surface area contributed by atoms with Gasteiger partial charge in [-0.15, -0.1) is 0 Å². The van der Waals surface area contributed by atoms with Gasteiger partial charge in [0.05, 0.1) is 17.7 Å². The Labute approximate surface area is 149 Å². The molecule has 3 rings (SSSR count). The lowest BCUT2D eigenvalue weighted by Crippen LogP contribution is -2.48. The average molecular weight is 360 g/mol. The number of methoxy groups -OCH3 is 1. The third-order valence-electron chi connectivity index (χ3n) is 4.57. The molecule has 134 valence electrons. The molecule has 0 radical (unpaired) electrons. The van der Waals surface area contributed by atoms with Gasteiger partial charge in [-0.05, 0) is 37.1 Å². The summed E-state index contributed by atoms with van der Waals surface area (Å²) in [6.45, 7) is 0. The molecule has 1 saturated carbocycles. The van der Waals surface area contributed by atoms with Crippen molar-refractivity contribution in [1.29, 1.82) is 0 Å². The normalized spacial score (nSPS) is 20.8. The van der Waals surface area contributed by atoms with E-state index in [1.165, 1.54) is 0 Å². The zero-order valence-electron chi connectivity index (χ0n) is 14.3. The fourth-order valence-electron chi connectivity index (χ4n) is 3.28. The maximum atomic E-state index is 12.7. The third kappa shape index (κ3) is 4.32. The van der Waals surface area contributed by atoms with Crippen LogP contribution in [0.5, 0.6) is 5.75 Å². The van der Waals surface area contributed by atoms with Crippen LogP contribution in [0.4, 0.5) is 5.69 Å². The van der Waals surface area contributed by atoms with E-state index in [2.05, 4.69) is 10.0 Å². The molecule has 0 saturated heterocycles. The first kappa shape index (κ1) is 17.8. The highest BCUT2D eigenvalue weighted by atomic mass is 32.2. The fourth-order valence-corrected chi connectivity index (χ4v) is 4.61. The van der Waals surface area contributed by atoms with Gasteiger partial charge in [-0.25, -0.2) is 13.1 Å². The number of sulfonamides is 1. The highest BCUT2D eigenvalue weighted by molar-refractivity contribution is 7.89. The minimum atomic E-state index is -3.52. The van der Waals surface area contributed by atoms with E-state index in [0.29, 0.717) is 4.90 Å². The molecule has 0 bridgehead atoms. The first-order valence-corrected chi connectivity index (χ1v) is 10.1. The van der Waals surface area contributed by atoms with Crippen LogP contribution in [0.25, 0.3) is 0 Å². The third-order valence-corrected chi connectivity index (χ3v) is 6.08. The van der Waals surface area contributed by atoms with Crippen molar-refractivity contribution in [2.24, 2.45) is 0 Å². The van der Waals surface area contributed by atoms with Crippen molar-refractivity contribution in [3.63, 3.8) is 0 Å². The lowest BCUT2D eigenvalue weighted by Gasteiger charge is -2.33. The second kappa shape index (κ2) is 7.89. The van der Waals surface area contributed by atoms with Gasteiger partial charge >= 0.3 is 0 Å². The van der Waals surface area contributed by atoms with E-state index in [1.54, 1.807) is 31.4 Å². The largest absolute Gasteiger partial charge is 0.495 e. The van der Waals surface area contributed by atoms with Gasteiger partial charge in [-0.2, -0.15) is 0 Å². The summed E-state index contributed by atoms with van der Waals surface area (Å²) in [6, 6.07) is 16.1. The van der Waals surface area contributed by atoms with Gasteiger partial charge in [0.25, 0.3) is 0 Å². The molecule has 1 aliphatic rings. The molecule has 0 spiro atoms. The van der Waals surface area contributed by atoms with Crippen molar-refractivity contribution in [2.45, 2.75) is 42.7 Å². The van der Waals surface area contributed by atoms with Gasteiger partial charge in [0.1, 0.15) is 5.75 Å². The van der Waals surface area contributed by atoms with Gasteiger partial charge < -0.3 is 10.1 Å². The predicted octanol–water partition coefficient (Wildman–Crippen LogP) is 3.40. The topological polar surface area (TPSA) is 67.4 Å². The molecule has 0 amide bonds. The summed E-state index contributed by atoms with van der Waals surface area (Å²) in [4.78, 5) is 0.302. The van der Waals surface area contributed by atoms with Gasteiger partial charge in [-0.3, -0.25) is 0 Å². The van der Waals surface area contributed by atoms with Crippen molar-refractivity contribution in [3.8, 4) is 5.75 Å². The lowest BCUT2D eigenvalue weighted by atomic mass is 9.91. The zero-order valence-corrected chi connectivity index (χ0v) is 15.1. The Hall–Kier alpha value is -2.05. The molecule has 5 nitrogen and oxygen atoms in total. The first-order valence-electron chi connectivity index (χ1n) is 8.57. The van der Waals surface area contributed by atoms with Crippen molar-refractivity contribution in [1.82, 2.24) is 4.72 Å². The van der Waals surface area contributed by atoms with Crippen molar-refractivity contribution >= 4 is 15.7 Å². The predicted molar refractivity (Wildman–Crippen MR) is 99.4 cm³/mol. The molecule has 25 heavy (non-hydrogen) atoms. The Morgan fingerprint density at radius 1 is 0.920 bits per heavy atom. The van der Waals surface area contributed by atoms with Gasteiger partial charge in [-0.1, -0.05) is 43.2 Å². The quantitative estimate of drug-likeness (QED) is 0.828. The van der Waals surface area contributed by atoms with Crippen LogP contribution in [0.2, 0.25) is 0 Å². The number of rotatable bonds is 6. The first-order chi connectivity index (χ1) is 12.1. The lowest BCUT2D eigenvalue weighted by molar-refractivity contribution is 0.375. The number of anilines is 1. The number of para-hydroxylation sites is 2. The number of hydrogen-bond acceptors (Lipinski definition) is 4. The van der Waals surface area contributed by atoms with E-state index in [-0.39, 0.29) is 12.1 Å². The Kier molecular flexibility index (Phi) is 5.60. The maximum absolute atomic E-state index is 12.7. The van der Waals surface area contributed by atoms with Gasteiger partial charge in [0, 0.05) is 12.1 Å². The number of benzene rings is 2. The summed E-state index contributed by atoms with van der Waals surface area (Å²) in [5.74, 6) is 0.762. The molecule has 1 fully saturated rings. The van der Waals surface area contributed by atoms with E-state index in [4.69, 9.17) is 4.74 Å². The SMILES string of the molecule is COc1ccccc1N[C@H]1CCCC[C@@H]1NS(=O)(=O)c1ccccc1. The molecule has 2 N–H and O–H groups in total. The second-order valence-corrected chi connectivity index (χ2v) is 7.99. The van der Waals surface area contributed by atoms with E-state index in [1.807, 2.05) is 30.3 Å². The molecule has 0 aromatic heterocycles. The molecule has 2 aromatic carbocycles. The molecule has 0 heterocycles. The van der Waals surface area contributed by atoms with Crippen LogP contribution in [0.15, 0.2) is 59.5 Å². The summed E-state index contributed by atoms with van der Waals surface area (Å²) in [5, 5.41) is 3.47. The zero-order chi connectivity index (χ0) is 17.7. The Morgan fingerprint density at radius 3 is 2.28 bits per heavy atom. The van der Waals surface area contributed by atoms with Crippen molar-refractivity contribution in [2.75, 3.05) is 12.4 Å². The minimum absolute atomic E-state index is 0.0311. The maximum Gasteiger partial charge on any atom is 0.240 e. The summed E-state index contributed by atoms with van der Waals surface area (Å²) >= 11 is 0. The molecular weight excluding hydrogens is 336 g/mol. The monoisotopic (exact) mass is 360 g/mol. The van der Waals surface area contributed by atoms with Crippen LogP contribution >= 0.6 is 0 Å². The highest BCUT2D eigenvalue weighted by Gasteiger charge is 2.29. The molecule has 6 heteroatoms. The molecule has 1 aliphatic carbocycles. The Morgan fingerprint density at radius 2 is 1.56 bits per heavy atom. The van der Waals surface area contributed by atoms with Gasteiger partial charge in [0.2, 0.25) is 10.0 Å². The fraction of sp³-hybridized carbons (Fsp3) is 0.368. The minimum Gasteiger partial charge on any atom is -0.495 e. The standard InChI is InChI=1S/C19H24N2O3S/c1-24-19-14-8-7-13-18(19)20-16-11-5-6-12-17(16)21-25(22,23)15-9-3-2-4-10-15/h2-4,7-10,13-14,16-17,20-21H,5-6,11-12H2,1H3/t16-,17-/m0/s1. The molecular formula is C19H24N2O3S. The van der Waals surface area contributed by atoms with Crippen molar-refractivity contribution in [3.05, 3.63) is 54.6 Å². The molecule has 2 aromatic rings. The van der Waals surface area contributed by atoms with E-state index in [9.17, 15) is 8.42 Å². The summed E-state index contributed by atoms with van der Waals surface area (Å²) in [5.41, 5.74) is 0.890. The number of hydrogen-bond donors (Lipinski definition) is 2. The molecule has 0 unspecified atom stereocenters. The Balaban J connectivity index is 1.77. The van der Waals surface area contributed by atoms with Crippen molar-refractivity contribution < 1.29 is 13.2 Å². The van der Waals surface area contributed by atoms with E-state index >= 15 is 0 Å². The molecule has 2 atom stereocenters. The van der Waals surface area contributed by atoms with Crippen LogP contribution in [0, 0.1) is 0 Å². The van der Waals surface area contributed by atoms with Crippen LogP contribution in [-0.4, -0.2) is 27.6 Å². The average Bonchev–Trinajstić information content (AvgIpc) is 2.64. The highest BCUT2D eigenvalue weighted by Crippen LogP contribution is 2.29.